The zero-order chi connectivity index (χ0) is 14.5. The summed E-state index contributed by atoms with van der Waals surface area (Å²) in [4.78, 5) is 17.5. The molecule has 0 radical (unpaired) electrons. The molecule has 2 aromatic rings. The van der Waals surface area contributed by atoms with E-state index in [2.05, 4.69) is 15.7 Å². The molecule has 5 nitrogen and oxygen atoms in total. The molecule has 4 N–H and O–H groups in total. The molecule has 0 unspecified atom stereocenters. The highest BCUT2D eigenvalue weighted by Gasteiger charge is 2.09. The van der Waals surface area contributed by atoms with E-state index in [4.69, 9.17) is 5.84 Å². The van der Waals surface area contributed by atoms with Crippen molar-refractivity contribution in [2.75, 3.05) is 17.0 Å². The first kappa shape index (κ1) is 14.4. The highest BCUT2D eigenvalue weighted by Crippen LogP contribution is 2.20. The van der Waals surface area contributed by atoms with Crippen LogP contribution in [-0.4, -0.2) is 17.1 Å². The normalized spacial score (nSPS) is 10.2. The summed E-state index contributed by atoms with van der Waals surface area (Å²) in [6.45, 7) is 1.81. The fraction of sp³-hybridized carbons (Fsp3) is 0.143. The van der Waals surface area contributed by atoms with Crippen LogP contribution in [0, 0.1) is 6.92 Å². The van der Waals surface area contributed by atoms with Crippen LogP contribution < -0.4 is 16.6 Å². The molecule has 0 aliphatic heterocycles. The minimum absolute atomic E-state index is 0.190. The molecule has 0 fully saturated rings. The van der Waals surface area contributed by atoms with Crippen molar-refractivity contribution in [1.29, 1.82) is 0 Å². The molecule has 6 heteroatoms. The summed E-state index contributed by atoms with van der Waals surface area (Å²) in [6, 6.07) is 11.0. The molecule has 0 aliphatic rings. The minimum atomic E-state index is -0.190. The monoisotopic (exact) mass is 288 g/mol. The third-order valence-electron chi connectivity index (χ3n) is 2.69. The second kappa shape index (κ2) is 6.40. The predicted molar refractivity (Wildman–Crippen MR) is 83.0 cm³/mol. The van der Waals surface area contributed by atoms with Crippen molar-refractivity contribution in [3.05, 3.63) is 47.7 Å². The van der Waals surface area contributed by atoms with Crippen LogP contribution in [0.3, 0.4) is 0 Å². The number of nitrogen functional groups attached to an aromatic ring is 1. The summed E-state index contributed by atoms with van der Waals surface area (Å²) in [5.74, 6) is 5.61. The van der Waals surface area contributed by atoms with Gasteiger partial charge in [-0.1, -0.05) is 6.07 Å². The topological polar surface area (TPSA) is 80.0 Å². The molecule has 1 aromatic heterocycles. The molecule has 0 saturated carbocycles. The highest BCUT2D eigenvalue weighted by molar-refractivity contribution is 7.98. The van der Waals surface area contributed by atoms with Crippen molar-refractivity contribution in [1.82, 2.24) is 4.98 Å². The molecule has 0 saturated heterocycles. The summed E-state index contributed by atoms with van der Waals surface area (Å²) < 4.78 is 0. The van der Waals surface area contributed by atoms with Crippen molar-refractivity contribution in [3.8, 4) is 0 Å². The molecule has 1 amide bonds. The first-order valence-electron chi connectivity index (χ1n) is 6.03. The van der Waals surface area contributed by atoms with Crippen molar-refractivity contribution < 1.29 is 4.79 Å². The van der Waals surface area contributed by atoms with Gasteiger partial charge in [-0.2, -0.15) is 0 Å². The number of nitrogens with two attached hydrogens (primary N) is 1. The fourth-order valence-corrected chi connectivity index (χ4v) is 2.24. The number of hydrogen-bond acceptors (Lipinski definition) is 5. The molecule has 0 spiro atoms. The van der Waals surface area contributed by atoms with Gasteiger partial charge in [0.25, 0.3) is 5.91 Å². The number of aromatic nitrogens is 1. The largest absolute Gasteiger partial charge is 0.322 e. The molecule has 2 rings (SSSR count). The molecule has 0 atom stereocenters. The van der Waals surface area contributed by atoms with Crippen LogP contribution in [-0.2, 0) is 0 Å². The maximum atomic E-state index is 12.2. The Morgan fingerprint density at radius 2 is 2.10 bits per heavy atom. The van der Waals surface area contributed by atoms with Crippen molar-refractivity contribution in [2.45, 2.75) is 11.8 Å². The van der Waals surface area contributed by atoms with E-state index >= 15 is 0 Å². The second-order valence-corrected chi connectivity index (χ2v) is 5.09. The number of thioether (sulfide) groups is 1. The molecule has 1 heterocycles. The van der Waals surface area contributed by atoms with Crippen LogP contribution in [0.15, 0.2) is 41.3 Å². The number of nitrogens with one attached hydrogen (secondary N) is 2. The van der Waals surface area contributed by atoms with Crippen LogP contribution in [0.2, 0.25) is 0 Å². The van der Waals surface area contributed by atoms with Gasteiger partial charge in [-0.05, 0) is 43.5 Å². The standard InChI is InChI=1S/C14H16N4OS/c1-9-6-10(7-13(16-9)18-15)14(19)17-11-4-3-5-12(8-11)20-2/h3-8H,15H2,1-2H3,(H,16,18)(H,17,19). The van der Waals surface area contributed by atoms with E-state index in [-0.39, 0.29) is 5.91 Å². The Balaban J connectivity index is 2.21. The van der Waals surface area contributed by atoms with Gasteiger partial charge in [0.1, 0.15) is 5.82 Å². The Bertz CT molecular complexity index is 630. The van der Waals surface area contributed by atoms with E-state index in [0.717, 1.165) is 16.3 Å². The number of carbonyl (C=O) groups is 1. The third-order valence-corrected chi connectivity index (χ3v) is 3.42. The first-order chi connectivity index (χ1) is 9.62. The number of hydrogen-bond donors (Lipinski definition) is 3. The van der Waals surface area contributed by atoms with Gasteiger partial charge >= 0.3 is 0 Å². The minimum Gasteiger partial charge on any atom is -0.322 e. The Kier molecular flexibility index (Phi) is 4.60. The van der Waals surface area contributed by atoms with E-state index in [9.17, 15) is 4.79 Å². The zero-order valence-electron chi connectivity index (χ0n) is 11.3. The fourth-order valence-electron chi connectivity index (χ4n) is 1.78. The lowest BCUT2D eigenvalue weighted by molar-refractivity contribution is 0.102. The molecule has 0 bridgehead atoms. The van der Waals surface area contributed by atoms with E-state index in [1.807, 2.05) is 37.4 Å². The van der Waals surface area contributed by atoms with E-state index in [1.54, 1.807) is 23.9 Å². The van der Waals surface area contributed by atoms with Crippen molar-refractivity contribution in [2.24, 2.45) is 5.84 Å². The van der Waals surface area contributed by atoms with Gasteiger partial charge in [-0.3, -0.25) is 4.79 Å². The van der Waals surface area contributed by atoms with E-state index in [1.165, 1.54) is 0 Å². The Hall–Kier alpha value is -2.05. The van der Waals surface area contributed by atoms with Gasteiger partial charge in [0.15, 0.2) is 0 Å². The average molecular weight is 288 g/mol. The number of amides is 1. The lowest BCUT2D eigenvalue weighted by atomic mass is 10.2. The van der Waals surface area contributed by atoms with Crippen LogP contribution >= 0.6 is 11.8 Å². The highest BCUT2D eigenvalue weighted by atomic mass is 32.2. The van der Waals surface area contributed by atoms with Gasteiger partial charge in [0.05, 0.1) is 0 Å². The number of carbonyl (C=O) groups excluding carboxylic acids is 1. The van der Waals surface area contributed by atoms with Gasteiger partial charge in [0, 0.05) is 21.8 Å². The van der Waals surface area contributed by atoms with E-state index in [0.29, 0.717) is 11.4 Å². The predicted octanol–water partition coefficient (Wildman–Crippen LogP) is 2.65. The van der Waals surface area contributed by atoms with Gasteiger partial charge in [-0.15, -0.1) is 11.8 Å². The number of hydrazine groups is 1. The molecule has 0 aliphatic carbocycles. The van der Waals surface area contributed by atoms with E-state index < -0.39 is 0 Å². The number of aryl methyl sites for hydroxylation is 1. The number of nitrogens with zero attached hydrogens (tertiary/aromatic N) is 1. The van der Waals surface area contributed by atoms with Crippen LogP contribution in [0.1, 0.15) is 16.1 Å². The SMILES string of the molecule is CSc1cccc(NC(=O)c2cc(C)nc(NN)c2)c1. The van der Waals surface area contributed by atoms with Crippen LogP contribution in [0.4, 0.5) is 11.5 Å². The second-order valence-electron chi connectivity index (χ2n) is 4.21. The maximum Gasteiger partial charge on any atom is 0.255 e. The number of anilines is 2. The summed E-state index contributed by atoms with van der Waals surface area (Å²) >= 11 is 1.63. The molecular formula is C14H16N4OS. The number of rotatable bonds is 4. The summed E-state index contributed by atoms with van der Waals surface area (Å²) in [5.41, 5.74) is 4.45. The third kappa shape index (κ3) is 3.49. The smallest absolute Gasteiger partial charge is 0.255 e. The average Bonchev–Trinajstić information content (AvgIpc) is 2.46. The quantitative estimate of drug-likeness (QED) is 0.458. The van der Waals surface area contributed by atoms with Crippen molar-refractivity contribution in [3.63, 3.8) is 0 Å². The maximum absolute atomic E-state index is 12.2. The molecule has 20 heavy (non-hydrogen) atoms. The van der Waals surface area contributed by atoms with Gasteiger partial charge < -0.3 is 10.7 Å². The molecule has 104 valence electrons. The number of pyridine rings is 1. The van der Waals surface area contributed by atoms with Gasteiger partial charge in [-0.25, -0.2) is 10.8 Å². The Morgan fingerprint density at radius 3 is 2.80 bits per heavy atom. The van der Waals surface area contributed by atoms with Crippen molar-refractivity contribution >= 4 is 29.2 Å². The van der Waals surface area contributed by atoms with Crippen LogP contribution in [0.25, 0.3) is 0 Å². The lowest BCUT2D eigenvalue weighted by Gasteiger charge is -2.08. The summed E-state index contributed by atoms with van der Waals surface area (Å²) in [5, 5.41) is 2.86. The molecule has 1 aromatic carbocycles. The summed E-state index contributed by atoms with van der Waals surface area (Å²) in [7, 11) is 0. The zero-order valence-corrected chi connectivity index (χ0v) is 12.1. The number of benzene rings is 1. The lowest BCUT2D eigenvalue weighted by Crippen LogP contribution is -2.15. The van der Waals surface area contributed by atoms with Gasteiger partial charge in [0.2, 0.25) is 0 Å². The van der Waals surface area contributed by atoms with Crippen LogP contribution in [0.5, 0.6) is 0 Å². The summed E-state index contributed by atoms with van der Waals surface area (Å²) in [6.07, 6.45) is 1.99. The first-order valence-corrected chi connectivity index (χ1v) is 7.25. The Labute approximate surface area is 121 Å². The molecular weight excluding hydrogens is 272 g/mol. The Morgan fingerprint density at radius 1 is 1.30 bits per heavy atom.